The van der Waals surface area contributed by atoms with Crippen LogP contribution in [-0.2, 0) is 6.54 Å². The van der Waals surface area contributed by atoms with Crippen LogP contribution in [0.4, 0.5) is 5.69 Å². The van der Waals surface area contributed by atoms with E-state index in [0.717, 1.165) is 27.2 Å². The number of nitrogens with zero attached hydrogens (tertiary/aromatic N) is 3. The van der Waals surface area contributed by atoms with Gasteiger partial charge in [-0.2, -0.15) is 0 Å². The minimum atomic E-state index is -0.119. The quantitative estimate of drug-likeness (QED) is 0.524. The van der Waals surface area contributed by atoms with Gasteiger partial charge in [0.2, 0.25) is 0 Å². The number of fused-ring (bicyclic) bond motifs is 1. The summed E-state index contributed by atoms with van der Waals surface area (Å²) in [7, 11) is 0. The number of hydrogen-bond donors (Lipinski definition) is 1. The van der Waals surface area contributed by atoms with E-state index in [1.165, 1.54) is 0 Å². The minimum absolute atomic E-state index is 0.119. The Morgan fingerprint density at radius 1 is 1.04 bits per heavy atom. The number of para-hydroxylation sites is 1. The Balaban J connectivity index is 1.47. The van der Waals surface area contributed by atoms with Gasteiger partial charge in [0.15, 0.2) is 0 Å². The standard InChI is InChI=1S/C21H18N4OS/c1-27-18-6-4-5-17(13-18)22-21(26)16-11-9-15(10-12-16)14-25-20-8-3-2-7-19(20)23-24-25/h2-13H,14H2,1H3,(H,22,26). The van der Waals surface area contributed by atoms with Crippen molar-refractivity contribution in [2.45, 2.75) is 11.4 Å². The molecule has 0 aliphatic heterocycles. The predicted molar refractivity (Wildman–Crippen MR) is 109 cm³/mol. The molecule has 0 saturated carbocycles. The van der Waals surface area contributed by atoms with E-state index >= 15 is 0 Å². The van der Waals surface area contributed by atoms with Gasteiger partial charge >= 0.3 is 0 Å². The predicted octanol–water partition coefficient (Wildman–Crippen LogP) is 4.45. The van der Waals surface area contributed by atoms with E-state index in [9.17, 15) is 4.79 Å². The summed E-state index contributed by atoms with van der Waals surface area (Å²) < 4.78 is 1.86. The maximum Gasteiger partial charge on any atom is 0.255 e. The molecule has 0 fully saturated rings. The lowest BCUT2D eigenvalue weighted by molar-refractivity contribution is 0.102. The van der Waals surface area contributed by atoms with Gasteiger partial charge < -0.3 is 5.32 Å². The first-order valence-electron chi connectivity index (χ1n) is 8.55. The van der Waals surface area contributed by atoms with Crippen LogP contribution in [0.25, 0.3) is 11.0 Å². The number of carbonyl (C=O) groups is 1. The van der Waals surface area contributed by atoms with Crippen LogP contribution in [0.3, 0.4) is 0 Å². The van der Waals surface area contributed by atoms with Crippen molar-refractivity contribution in [3.63, 3.8) is 0 Å². The van der Waals surface area contributed by atoms with Crippen LogP contribution >= 0.6 is 11.8 Å². The van der Waals surface area contributed by atoms with Crippen molar-refractivity contribution in [1.29, 1.82) is 0 Å². The summed E-state index contributed by atoms with van der Waals surface area (Å²) in [5.74, 6) is -0.119. The zero-order chi connectivity index (χ0) is 18.6. The molecule has 0 unspecified atom stereocenters. The number of aromatic nitrogens is 3. The van der Waals surface area contributed by atoms with Crippen molar-refractivity contribution in [1.82, 2.24) is 15.0 Å². The number of anilines is 1. The van der Waals surface area contributed by atoms with Gasteiger partial charge in [0.05, 0.1) is 12.1 Å². The van der Waals surface area contributed by atoms with Crippen molar-refractivity contribution in [2.75, 3.05) is 11.6 Å². The second-order valence-electron chi connectivity index (χ2n) is 6.12. The SMILES string of the molecule is CSc1cccc(NC(=O)c2ccc(Cn3nnc4ccccc43)cc2)c1. The van der Waals surface area contributed by atoms with Crippen LogP contribution in [0.15, 0.2) is 77.7 Å². The summed E-state index contributed by atoms with van der Waals surface area (Å²) in [5.41, 5.74) is 4.35. The molecule has 0 saturated heterocycles. The van der Waals surface area contributed by atoms with E-state index in [1.807, 2.05) is 83.7 Å². The lowest BCUT2D eigenvalue weighted by atomic mass is 10.1. The Bertz CT molecular complexity index is 1090. The van der Waals surface area contributed by atoms with Crippen LogP contribution in [0, 0.1) is 0 Å². The third-order valence-corrected chi connectivity index (χ3v) is 5.02. The number of thioether (sulfide) groups is 1. The number of amides is 1. The number of carbonyl (C=O) groups excluding carboxylic acids is 1. The average molecular weight is 374 g/mol. The van der Waals surface area contributed by atoms with Gasteiger partial charge in [0.25, 0.3) is 5.91 Å². The van der Waals surface area contributed by atoms with Crippen molar-refractivity contribution < 1.29 is 4.79 Å². The third-order valence-electron chi connectivity index (χ3n) is 4.30. The van der Waals surface area contributed by atoms with Gasteiger partial charge in [-0.25, -0.2) is 4.68 Å². The zero-order valence-corrected chi connectivity index (χ0v) is 15.6. The second-order valence-corrected chi connectivity index (χ2v) is 7.00. The highest BCUT2D eigenvalue weighted by molar-refractivity contribution is 7.98. The monoisotopic (exact) mass is 374 g/mol. The molecular formula is C21H18N4OS. The molecule has 4 aromatic rings. The van der Waals surface area contributed by atoms with Gasteiger partial charge in [-0.05, 0) is 54.3 Å². The fraction of sp³-hybridized carbons (Fsp3) is 0.0952. The molecule has 134 valence electrons. The summed E-state index contributed by atoms with van der Waals surface area (Å²) >= 11 is 1.65. The molecule has 3 aromatic carbocycles. The van der Waals surface area contributed by atoms with E-state index in [4.69, 9.17) is 0 Å². The summed E-state index contributed by atoms with van der Waals surface area (Å²) in [6.45, 7) is 0.609. The molecular weight excluding hydrogens is 356 g/mol. The molecule has 0 bridgehead atoms. The Morgan fingerprint density at radius 3 is 2.67 bits per heavy atom. The Labute approximate surface area is 161 Å². The lowest BCUT2D eigenvalue weighted by Gasteiger charge is -2.08. The first-order valence-corrected chi connectivity index (χ1v) is 9.78. The van der Waals surface area contributed by atoms with E-state index in [2.05, 4.69) is 15.6 Å². The van der Waals surface area contributed by atoms with E-state index in [-0.39, 0.29) is 5.91 Å². The van der Waals surface area contributed by atoms with Crippen LogP contribution in [0.2, 0.25) is 0 Å². The smallest absolute Gasteiger partial charge is 0.255 e. The number of benzene rings is 3. The molecule has 0 spiro atoms. The lowest BCUT2D eigenvalue weighted by Crippen LogP contribution is -2.12. The average Bonchev–Trinajstić information content (AvgIpc) is 3.11. The molecule has 1 aromatic heterocycles. The van der Waals surface area contributed by atoms with Crippen LogP contribution in [-0.4, -0.2) is 27.2 Å². The van der Waals surface area contributed by atoms with Gasteiger partial charge in [-0.15, -0.1) is 16.9 Å². The van der Waals surface area contributed by atoms with Crippen LogP contribution < -0.4 is 5.32 Å². The highest BCUT2D eigenvalue weighted by Crippen LogP contribution is 2.20. The first-order chi connectivity index (χ1) is 13.2. The third kappa shape index (κ3) is 3.85. The van der Waals surface area contributed by atoms with Crippen molar-refractivity contribution in [3.05, 3.63) is 83.9 Å². The Morgan fingerprint density at radius 2 is 1.85 bits per heavy atom. The summed E-state index contributed by atoms with van der Waals surface area (Å²) in [6.07, 6.45) is 2.01. The molecule has 5 nitrogen and oxygen atoms in total. The van der Waals surface area contributed by atoms with Gasteiger partial charge in [0, 0.05) is 16.1 Å². The summed E-state index contributed by atoms with van der Waals surface area (Å²) in [5, 5.41) is 11.3. The molecule has 1 N–H and O–H groups in total. The molecule has 6 heteroatoms. The van der Waals surface area contributed by atoms with Gasteiger partial charge in [-0.3, -0.25) is 4.79 Å². The molecule has 27 heavy (non-hydrogen) atoms. The fourth-order valence-corrected chi connectivity index (χ4v) is 3.33. The fourth-order valence-electron chi connectivity index (χ4n) is 2.87. The van der Waals surface area contributed by atoms with E-state index in [0.29, 0.717) is 12.1 Å². The maximum absolute atomic E-state index is 12.5. The Hall–Kier alpha value is -3.12. The number of hydrogen-bond acceptors (Lipinski definition) is 4. The van der Waals surface area contributed by atoms with Crippen molar-refractivity contribution in [3.8, 4) is 0 Å². The highest BCUT2D eigenvalue weighted by atomic mass is 32.2. The van der Waals surface area contributed by atoms with Gasteiger partial charge in [-0.1, -0.05) is 35.5 Å². The number of nitrogens with one attached hydrogen (secondary N) is 1. The zero-order valence-electron chi connectivity index (χ0n) is 14.8. The first kappa shape index (κ1) is 17.3. The van der Waals surface area contributed by atoms with Crippen LogP contribution in [0.5, 0.6) is 0 Å². The molecule has 4 rings (SSSR count). The highest BCUT2D eigenvalue weighted by Gasteiger charge is 2.08. The summed E-state index contributed by atoms with van der Waals surface area (Å²) in [4.78, 5) is 13.6. The molecule has 0 atom stereocenters. The molecule has 1 amide bonds. The minimum Gasteiger partial charge on any atom is -0.322 e. The van der Waals surface area contributed by atoms with Crippen LogP contribution in [0.1, 0.15) is 15.9 Å². The van der Waals surface area contributed by atoms with E-state index in [1.54, 1.807) is 11.8 Å². The molecule has 0 aliphatic rings. The molecule has 0 radical (unpaired) electrons. The topological polar surface area (TPSA) is 59.8 Å². The van der Waals surface area contributed by atoms with Gasteiger partial charge in [0.1, 0.15) is 5.52 Å². The molecule has 1 heterocycles. The van der Waals surface area contributed by atoms with Crippen molar-refractivity contribution in [2.24, 2.45) is 0 Å². The maximum atomic E-state index is 12.5. The van der Waals surface area contributed by atoms with E-state index < -0.39 is 0 Å². The normalized spacial score (nSPS) is 10.9. The molecule has 0 aliphatic carbocycles. The second kappa shape index (κ2) is 7.63. The summed E-state index contributed by atoms with van der Waals surface area (Å²) in [6, 6.07) is 23.2. The Kier molecular flexibility index (Phi) is 4.89. The van der Waals surface area contributed by atoms with Crippen molar-refractivity contribution >= 4 is 34.4 Å². The largest absolute Gasteiger partial charge is 0.322 e. The number of rotatable bonds is 5.